The number of rotatable bonds is 10. The van der Waals surface area contributed by atoms with Gasteiger partial charge in [-0.1, -0.05) is 18.2 Å². The monoisotopic (exact) mass is 438 g/mol. The van der Waals surface area contributed by atoms with Gasteiger partial charge in [0, 0.05) is 39.4 Å². The standard InChI is InChI=1S/C25H38N6O/c1-5-30(6-2)24-14-9-20(17-27-24)18-28-25(26-3)29-19-23(31-15-7-8-16-31)21-10-12-22(32-4)13-11-21/h9-14,17,23H,5-8,15-16,18-19H2,1-4H3,(H2,26,28,29). The molecule has 2 aromatic rings. The fraction of sp³-hybridized carbons (Fsp3) is 0.520. The number of benzene rings is 1. The predicted molar refractivity (Wildman–Crippen MR) is 133 cm³/mol. The van der Waals surface area contributed by atoms with Gasteiger partial charge in [-0.05, 0) is 69.1 Å². The minimum Gasteiger partial charge on any atom is -0.497 e. The Kier molecular flexibility index (Phi) is 9.16. The zero-order valence-corrected chi connectivity index (χ0v) is 20.0. The van der Waals surface area contributed by atoms with Crippen LogP contribution in [0.2, 0.25) is 0 Å². The van der Waals surface area contributed by atoms with Gasteiger partial charge in [0.05, 0.1) is 13.2 Å². The number of aromatic nitrogens is 1. The molecular formula is C25H38N6O. The Hall–Kier alpha value is -2.80. The smallest absolute Gasteiger partial charge is 0.191 e. The third-order valence-electron chi connectivity index (χ3n) is 6.12. The van der Waals surface area contributed by atoms with Gasteiger partial charge in [-0.3, -0.25) is 9.89 Å². The van der Waals surface area contributed by atoms with E-state index in [9.17, 15) is 0 Å². The fourth-order valence-electron chi connectivity index (χ4n) is 4.19. The average molecular weight is 439 g/mol. The van der Waals surface area contributed by atoms with E-state index >= 15 is 0 Å². The summed E-state index contributed by atoms with van der Waals surface area (Å²) in [6.45, 7) is 9.97. The summed E-state index contributed by atoms with van der Waals surface area (Å²) in [4.78, 5) is 13.8. The molecule has 1 aliphatic rings. The van der Waals surface area contributed by atoms with E-state index in [1.54, 1.807) is 7.11 Å². The van der Waals surface area contributed by atoms with Crippen molar-refractivity contribution in [3.05, 3.63) is 53.7 Å². The van der Waals surface area contributed by atoms with Crippen molar-refractivity contribution in [1.29, 1.82) is 0 Å². The largest absolute Gasteiger partial charge is 0.497 e. The highest BCUT2D eigenvalue weighted by molar-refractivity contribution is 5.79. The molecule has 0 saturated carbocycles. The van der Waals surface area contributed by atoms with Crippen LogP contribution in [0.25, 0.3) is 0 Å². The summed E-state index contributed by atoms with van der Waals surface area (Å²) < 4.78 is 5.33. The van der Waals surface area contributed by atoms with E-state index in [0.29, 0.717) is 12.6 Å². The first-order valence-electron chi connectivity index (χ1n) is 11.7. The van der Waals surface area contributed by atoms with Crippen LogP contribution in [0.5, 0.6) is 5.75 Å². The first kappa shape index (κ1) is 23.9. The molecule has 0 amide bonds. The number of hydrogen-bond acceptors (Lipinski definition) is 5. The van der Waals surface area contributed by atoms with E-state index in [1.165, 1.54) is 18.4 Å². The molecule has 32 heavy (non-hydrogen) atoms. The molecule has 2 N–H and O–H groups in total. The minimum absolute atomic E-state index is 0.303. The van der Waals surface area contributed by atoms with Crippen molar-refractivity contribution in [3.63, 3.8) is 0 Å². The zero-order valence-electron chi connectivity index (χ0n) is 20.0. The highest BCUT2D eigenvalue weighted by Gasteiger charge is 2.23. The second kappa shape index (κ2) is 12.3. The van der Waals surface area contributed by atoms with Crippen LogP contribution in [0.15, 0.2) is 47.6 Å². The predicted octanol–water partition coefficient (Wildman–Crippen LogP) is 3.44. The van der Waals surface area contributed by atoms with Crippen molar-refractivity contribution in [1.82, 2.24) is 20.5 Å². The molecule has 174 valence electrons. The molecule has 0 spiro atoms. The van der Waals surface area contributed by atoms with Crippen LogP contribution in [0.1, 0.15) is 43.9 Å². The van der Waals surface area contributed by atoms with E-state index in [-0.39, 0.29) is 0 Å². The SMILES string of the molecule is CCN(CC)c1ccc(CNC(=NC)NCC(c2ccc(OC)cc2)N2CCCC2)cn1. The molecule has 2 heterocycles. The molecule has 1 aliphatic heterocycles. The van der Waals surface area contributed by atoms with Gasteiger partial charge in [0.15, 0.2) is 5.96 Å². The van der Waals surface area contributed by atoms with Gasteiger partial charge in [-0.15, -0.1) is 0 Å². The zero-order chi connectivity index (χ0) is 22.8. The van der Waals surface area contributed by atoms with Crippen LogP contribution in [0.3, 0.4) is 0 Å². The molecule has 7 nitrogen and oxygen atoms in total. The van der Waals surface area contributed by atoms with Gasteiger partial charge in [0.25, 0.3) is 0 Å². The van der Waals surface area contributed by atoms with Crippen molar-refractivity contribution in [2.24, 2.45) is 4.99 Å². The van der Waals surface area contributed by atoms with Crippen molar-refractivity contribution < 1.29 is 4.74 Å². The Balaban J connectivity index is 1.58. The van der Waals surface area contributed by atoms with Crippen LogP contribution in [0, 0.1) is 0 Å². The average Bonchev–Trinajstić information content (AvgIpc) is 3.38. The van der Waals surface area contributed by atoms with Crippen LogP contribution < -0.4 is 20.3 Å². The summed E-state index contributed by atoms with van der Waals surface area (Å²) in [5, 5.41) is 6.95. The maximum absolute atomic E-state index is 5.33. The van der Waals surface area contributed by atoms with Crippen LogP contribution in [-0.2, 0) is 6.54 Å². The molecular weight excluding hydrogens is 400 g/mol. The molecule has 3 rings (SSSR count). The normalized spacial score (nSPS) is 15.4. The fourth-order valence-corrected chi connectivity index (χ4v) is 4.19. The van der Waals surface area contributed by atoms with Crippen LogP contribution >= 0.6 is 0 Å². The highest BCUT2D eigenvalue weighted by Crippen LogP contribution is 2.26. The quantitative estimate of drug-likeness (QED) is 0.438. The number of pyridine rings is 1. The van der Waals surface area contributed by atoms with Crippen LogP contribution in [0.4, 0.5) is 5.82 Å². The maximum atomic E-state index is 5.33. The van der Waals surface area contributed by atoms with Crippen molar-refractivity contribution >= 4 is 11.8 Å². The Morgan fingerprint density at radius 3 is 2.38 bits per heavy atom. The number of aliphatic imine (C=N–C) groups is 1. The number of likely N-dealkylation sites (tertiary alicyclic amines) is 1. The molecule has 0 aliphatic carbocycles. The molecule has 1 fully saturated rings. The molecule has 0 bridgehead atoms. The lowest BCUT2D eigenvalue weighted by molar-refractivity contribution is 0.245. The lowest BCUT2D eigenvalue weighted by Crippen LogP contribution is -2.42. The first-order valence-corrected chi connectivity index (χ1v) is 11.7. The van der Waals surface area contributed by atoms with E-state index < -0.39 is 0 Å². The van der Waals surface area contributed by atoms with Gasteiger partial charge in [-0.25, -0.2) is 4.98 Å². The molecule has 7 heteroatoms. The summed E-state index contributed by atoms with van der Waals surface area (Å²) in [6.07, 6.45) is 4.46. The third-order valence-corrected chi connectivity index (χ3v) is 6.12. The molecule has 0 radical (unpaired) electrons. The van der Waals surface area contributed by atoms with Gasteiger partial charge in [-0.2, -0.15) is 0 Å². The molecule has 1 aromatic heterocycles. The number of nitrogens with one attached hydrogen (secondary N) is 2. The molecule has 1 saturated heterocycles. The summed E-state index contributed by atoms with van der Waals surface area (Å²) in [6, 6.07) is 12.9. The number of nitrogens with zero attached hydrogens (tertiary/aromatic N) is 4. The lowest BCUT2D eigenvalue weighted by Gasteiger charge is -2.29. The molecule has 1 atom stereocenters. The summed E-state index contributed by atoms with van der Waals surface area (Å²) in [7, 11) is 3.52. The van der Waals surface area contributed by atoms with Gasteiger partial charge in [0.1, 0.15) is 11.6 Å². The third kappa shape index (κ3) is 6.36. The van der Waals surface area contributed by atoms with E-state index in [0.717, 1.165) is 55.8 Å². The van der Waals surface area contributed by atoms with E-state index in [4.69, 9.17) is 4.74 Å². The van der Waals surface area contributed by atoms with Gasteiger partial charge < -0.3 is 20.3 Å². The first-order chi connectivity index (χ1) is 15.7. The van der Waals surface area contributed by atoms with Gasteiger partial charge >= 0.3 is 0 Å². The summed E-state index contributed by atoms with van der Waals surface area (Å²) >= 11 is 0. The minimum atomic E-state index is 0.303. The Morgan fingerprint density at radius 2 is 1.81 bits per heavy atom. The number of anilines is 1. The van der Waals surface area contributed by atoms with Crippen molar-refractivity contribution in [2.45, 2.75) is 39.3 Å². The number of ether oxygens (including phenoxy) is 1. The maximum Gasteiger partial charge on any atom is 0.191 e. The van der Waals surface area contributed by atoms with Crippen LogP contribution in [-0.4, -0.2) is 62.7 Å². The summed E-state index contributed by atoms with van der Waals surface area (Å²) in [5.41, 5.74) is 2.43. The topological polar surface area (TPSA) is 65.0 Å². The number of guanidine groups is 1. The Morgan fingerprint density at radius 1 is 1.09 bits per heavy atom. The second-order valence-electron chi connectivity index (χ2n) is 8.04. The second-order valence-corrected chi connectivity index (χ2v) is 8.04. The number of methoxy groups -OCH3 is 1. The van der Waals surface area contributed by atoms with Crippen molar-refractivity contribution in [2.75, 3.05) is 51.8 Å². The molecule has 1 unspecified atom stereocenters. The molecule has 1 aromatic carbocycles. The van der Waals surface area contributed by atoms with Crippen molar-refractivity contribution in [3.8, 4) is 5.75 Å². The number of hydrogen-bond donors (Lipinski definition) is 2. The highest BCUT2D eigenvalue weighted by atomic mass is 16.5. The van der Waals surface area contributed by atoms with E-state index in [2.05, 4.69) is 68.5 Å². The Bertz CT molecular complexity index is 827. The van der Waals surface area contributed by atoms with Gasteiger partial charge in [0.2, 0.25) is 0 Å². The van der Waals surface area contributed by atoms with E-state index in [1.807, 2.05) is 25.4 Å². The summed E-state index contributed by atoms with van der Waals surface area (Å²) in [5.74, 6) is 2.71. The lowest BCUT2D eigenvalue weighted by atomic mass is 10.1. The Labute approximate surface area is 192 Å².